The number of piperidine rings is 1. The third kappa shape index (κ3) is 4.90. The van der Waals surface area contributed by atoms with Gasteiger partial charge in [-0.1, -0.05) is 19.3 Å². The van der Waals surface area contributed by atoms with E-state index in [4.69, 9.17) is 4.74 Å². The van der Waals surface area contributed by atoms with Crippen molar-refractivity contribution < 1.29 is 14.3 Å². The number of amides is 2. The minimum atomic E-state index is 0.232. The maximum absolute atomic E-state index is 12.6. The Morgan fingerprint density at radius 1 is 0.964 bits per heavy atom. The van der Waals surface area contributed by atoms with Crippen LogP contribution in [0.4, 0.5) is 0 Å². The average Bonchev–Trinajstić information content (AvgIpc) is 3.42. The Morgan fingerprint density at radius 2 is 1.68 bits per heavy atom. The first-order valence-electron chi connectivity index (χ1n) is 11.8. The first-order chi connectivity index (χ1) is 13.7. The van der Waals surface area contributed by atoms with Crippen LogP contribution in [0, 0.1) is 23.2 Å². The number of nitrogens with one attached hydrogen (secondary N) is 1. The fraction of sp³-hybridized carbons (Fsp3) is 0.913. The summed E-state index contributed by atoms with van der Waals surface area (Å²) in [5.41, 5.74) is 0.270. The molecule has 0 radical (unpaired) electrons. The van der Waals surface area contributed by atoms with Gasteiger partial charge >= 0.3 is 0 Å². The lowest BCUT2D eigenvalue weighted by molar-refractivity contribution is -0.133. The number of carbonyl (C=O) groups is 2. The predicted molar refractivity (Wildman–Crippen MR) is 109 cm³/mol. The van der Waals surface area contributed by atoms with Crippen LogP contribution in [0.5, 0.6) is 0 Å². The lowest BCUT2D eigenvalue weighted by Crippen LogP contribution is -2.40. The van der Waals surface area contributed by atoms with Crippen molar-refractivity contribution in [1.82, 2.24) is 10.2 Å². The molecule has 2 aliphatic heterocycles. The van der Waals surface area contributed by atoms with E-state index in [-0.39, 0.29) is 17.2 Å². The number of hydrogen-bond acceptors (Lipinski definition) is 3. The van der Waals surface area contributed by atoms with E-state index < -0.39 is 0 Å². The third-order valence-electron chi connectivity index (χ3n) is 8.00. The molecule has 2 saturated heterocycles. The van der Waals surface area contributed by atoms with E-state index in [9.17, 15) is 9.59 Å². The quantitative estimate of drug-likeness (QED) is 0.755. The Kier molecular flexibility index (Phi) is 6.59. The van der Waals surface area contributed by atoms with E-state index in [1.165, 1.54) is 32.1 Å². The largest absolute Gasteiger partial charge is 0.381 e. The number of rotatable bonds is 6. The van der Waals surface area contributed by atoms with Gasteiger partial charge in [-0.15, -0.1) is 0 Å². The zero-order valence-corrected chi connectivity index (χ0v) is 17.4. The lowest BCUT2D eigenvalue weighted by Gasteiger charge is -2.33. The molecular formula is C23H38N2O3. The molecule has 2 heterocycles. The molecular weight excluding hydrogens is 352 g/mol. The average molecular weight is 391 g/mol. The molecule has 158 valence electrons. The molecule has 2 aliphatic carbocycles. The summed E-state index contributed by atoms with van der Waals surface area (Å²) >= 11 is 0. The van der Waals surface area contributed by atoms with Crippen LogP contribution in [0.15, 0.2) is 0 Å². The maximum Gasteiger partial charge on any atom is 0.223 e. The SMILES string of the molecule is O=C(NCCC1CCN(C(=O)CC2CCCCC2)CC1)C1CC12CCOCC2. The van der Waals surface area contributed by atoms with Crippen LogP contribution < -0.4 is 5.32 Å². The monoisotopic (exact) mass is 390 g/mol. The smallest absolute Gasteiger partial charge is 0.223 e. The van der Waals surface area contributed by atoms with Gasteiger partial charge in [0.25, 0.3) is 0 Å². The Hall–Kier alpha value is -1.10. The van der Waals surface area contributed by atoms with E-state index in [2.05, 4.69) is 10.2 Å². The van der Waals surface area contributed by atoms with Crippen molar-refractivity contribution in [2.45, 2.75) is 77.0 Å². The van der Waals surface area contributed by atoms with Crippen LogP contribution in [0.3, 0.4) is 0 Å². The van der Waals surface area contributed by atoms with Crippen LogP contribution in [-0.4, -0.2) is 49.6 Å². The Balaban J connectivity index is 1.10. The van der Waals surface area contributed by atoms with Gasteiger partial charge in [-0.2, -0.15) is 0 Å². The van der Waals surface area contributed by atoms with Crippen molar-refractivity contribution in [3.63, 3.8) is 0 Å². The molecule has 0 bridgehead atoms. The Labute approximate surface area is 169 Å². The summed E-state index contributed by atoms with van der Waals surface area (Å²) in [5, 5.41) is 3.19. The fourth-order valence-electron chi connectivity index (χ4n) is 5.81. The Morgan fingerprint density at radius 3 is 2.39 bits per heavy atom. The number of hydrogen-bond donors (Lipinski definition) is 1. The zero-order valence-electron chi connectivity index (χ0n) is 17.4. The zero-order chi connectivity index (χ0) is 19.4. The van der Waals surface area contributed by atoms with Crippen LogP contribution in [0.2, 0.25) is 0 Å². The molecule has 0 aromatic carbocycles. The van der Waals surface area contributed by atoms with Gasteiger partial charge in [0.2, 0.25) is 11.8 Å². The van der Waals surface area contributed by atoms with Crippen LogP contribution in [0.1, 0.15) is 77.0 Å². The first-order valence-corrected chi connectivity index (χ1v) is 11.8. The number of nitrogens with zero attached hydrogens (tertiary/aromatic N) is 1. The lowest BCUT2D eigenvalue weighted by atomic mass is 9.86. The molecule has 4 fully saturated rings. The highest BCUT2D eigenvalue weighted by atomic mass is 16.5. The van der Waals surface area contributed by atoms with Crippen LogP contribution in [0.25, 0.3) is 0 Å². The second-order valence-electron chi connectivity index (χ2n) is 9.84. The van der Waals surface area contributed by atoms with Gasteiger partial charge in [0.15, 0.2) is 0 Å². The summed E-state index contributed by atoms with van der Waals surface area (Å²) < 4.78 is 5.44. The van der Waals surface area contributed by atoms with Gasteiger partial charge in [-0.25, -0.2) is 0 Å². The van der Waals surface area contributed by atoms with E-state index in [1.54, 1.807) is 0 Å². The number of likely N-dealkylation sites (tertiary alicyclic amines) is 1. The van der Waals surface area contributed by atoms with Crippen molar-refractivity contribution in [3.8, 4) is 0 Å². The predicted octanol–water partition coefficient (Wildman–Crippen LogP) is 3.52. The van der Waals surface area contributed by atoms with Crippen molar-refractivity contribution in [2.75, 3.05) is 32.8 Å². The molecule has 5 heteroatoms. The summed E-state index contributed by atoms with van der Waals surface area (Å²) in [5.74, 6) is 2.16. The van der Waals surface area contributed by atoms with Crippen molar-refractivity contribution in [3.05, 3.63) is 0 Å². The van der Waals surface area contributed by atoms with E-state index >= 15 is 0 Å². The summed E-state index contributed by atoms with van der Waals surface area (Å²) in [6, 6.07) is 0. The van der Waals surface area contributed by atoms with Crippen molar-refractivity contribution in [2.24, 2.45) is 23.2 Å². The summed E-state index contributed by atoms with van der Waals surface area (Å²) in [4.78, 5) is 27.1. The van der Waals surface area contributed by atoms with E-state index in [0.717, 1.165) is 77.8 Å². The van der Waals surface area contributed by atoms with Crippen LogP contribution >= 0.6 is 0 Å². The minimum absolute atomic E-state index is 0.232. The molecule has 2 saturated carbocycles. The molecule has 0 aromatic heterocycles. The maximum atomic E-state index is 12.6. The number of carbonyl (C=O) groups excluding carboxylic acids is 2. The normalized spacial score (nSPS) is 28.3. The standard InChI is InChI=1S/C23H38N2O3/c26-21(16-19-4-2-1-3-5-19)25-12-7-18(8-13-25)6-11-24-22(27)20-17-23(20)9-14-28-15-10-23/h18-20H,1-17H2,(H,24,27). The van der Waals surface area contributed by atoms with Gasteiger partial charge < -0.3 is 15.0 Å². The first kappa shape index (κ1) is 20.2. The summed E-state index contributed by atoms with van der Waals surface area (Å²) in [6.07, 6.45) is 13.6. The van der Waals surface area contributed by atoms with Gasteiger partial charge in [0, 0.05) is 45.2 Å². The Bertz CT molecular complexity index is 544. The second kappa shape index (κ2) is 9.15. The highest BCUT2D eigenvalue weighted by molar-refractivity contribution is 5.82. The molecule has 5 nitrogen and oxygen atoms in total. The number of ether oxygens (including phenoxy) is 1. The molecule has 1 unspecified atom stereocenters. The van der Waals surface area contributed by atoms with E-state index in [0.29, 0.717) is 17.7 Å². The summed E-state index contributed by atoms with van der Waals surface area (Å²) in [6.45, 7) is 4.26. The highest BCUT2D eigenvalue weighted by Crippen LogP contribution is 2.59. The van der Waals surface area contributed by atoms with Crippen molar-refractivity contribution >= 4 is 11.8 Å². The highest BCUT2D eigenvalue weighted by Gasteiger charge is 2.57. The molecule has 0 aromatic rings. The molecule has 4 aliphatic rings. The summed E-state index contributed by atoms with van der Waals surface area (Å²) in [7, 11) is 0. The van der Waals surface area contributed by atoms with E-state index in [1.807, 2.05) is 0 Å². The van der Waals surface area contributed by atoms with Gasteiger partial charge in [-0.05, 0) is 68.6 Å². The van der Waals surface area contributed by atoms with Gasteiger partial charge in [0.1, 0.15) is 0 Å². The molecule has 28 heavy (non-hydrogen) atoms. The van der Waals surface area contributed by atoms with Gasteiger partial charge in [-0.3, -0.25) is 9.59 Å². The fourth-order valence-corrected chi connectivity index (χ4v) is 5.81. The van der Waals surface area contributed by atoms with Crippen LogP contribution in [-0.2, 0) is 14.3 Å². The van der Waals surface area contributed by atoms with Crippen molar-refractivity contribution in [1.29, 1.82) is 0 Å². The topological polar surface area (TPSA) is 58.6 Å². The third-order valence-corrected chi connectivity index (χ3v) is 8.00. The molecule has 1 atom stereocenters. The minimum Gasteiger partial charge on any atom is -0.381 e. The molecule has 1 N–H and O–H groups in total. The van der Waals surface area contributed by atoms with Gasteiger partial charge in [0.05, 0.1) is 0 Å². The molecule has 4 rings (SSSR count). The molecule has 1 spiro atoms. The second-order valence-corrected chi connectivity index (χ2v) is 9.84. The molecule has 2 amide bonds.